The number of aromatic nitrogens is 1. The number of fused-ring (bicyclic) bond motifs is 1. The van der Waals surface area contributed by atoms with Gasteiger partial charge < -0.3 is 15.0 Å². The van der Waals surface area contributed by atoms with Gasteiger partial charge in [0.2, 0.25) is 0 Å². The summed E-state index contributed by atoms with van der Waals surface area (Å²) in [6.45, 7) is 6.53. The average Bonchev–Trinajstić information content (AvgIpc) is 2.71. The zero-order valence-corrected chi connectivity index (χ0v) is 13.0. The number of benzene rings is 1. The molecule has 1 aromatic carbocycles. The van der Waals surface area contributed by atoms with Crippen LogP contribution in [0.4, 0.5) is 0 Å². The normalized spacial score (nSPS) is 13.0. The van der Waals surface area contributed by atoms with E-state index >= 15 is 0 Å². The fourth-order valence-electron chi connectivity index (χ4n) is 2.44. The van der Waals surface area contributed by atoms with Gasteiger partial charge in [-0.05, 0) is 37.5 Å². The third-order valence-corrected chi connectivity index (χ3v) is 3.53. The molecule has 1 unspecified atom stereocenters. The lowest BCUT2D eigenvalue weighted by Gasteiger charge is -2.06. The molecule has 0 saturated carbocycles. The monoisotopic (exact) mass is 294 g/mol. The molecule has 2 aromatic rings. The Morgan fingerprint density at radius 3 is 2.85 bits per heavy atom. The zero-order chi connectivity index (χ0) is 14.5. The first-order valence-corrected chi connectivity index (χ1v) is 7.60. The first kappa shape index (κ1) is 15.4. The summed E-state index contributed by atoms with van der Waals surface area (Å²) in [5.74, 6) is 0. The van der Waals surface area contributed by atoms with Crippen molar-refractivity contribution in [3.8, 4) is 0 Å². The zero-order valence-electron chi connectivity index (χ0n) is 12.2. The van der Waals surface area contributed by atoms with Gasteiger partial charge in [-0.15, -0.1) is 0 Å². The predicted octanol–water partition coefficient (Wildman–Crippen LogP) is 3.61. The molecule has 1 aromatic heterocycles. The number of ether oxygens (including phenoxy) is 1. The molecule has 110 valence electrons. The van der Waals surface area contributed by atoms with Gasteiger partial charge in [-0.3, -0.25) is 0 Å². The smallest absolute Gasteiger partial charge is 0.0645 e. The highest BCUT2D eigenvalue weighted by Crippen LogP contribution is 2.25. The Labute approximate surface area is 125 Å². The van der Waals surface area contributed by atoms with E-state index in [9.17, 15) is 0 Å². The van der Waals surface area contributed by atoms with Gasteiger partial charge in [-0.25, -0.2) is 0 Å². The molecule has 1 heterocycles. The van der Waals surface area contributed by atoms with Crippen molar-refractivity contribution in [2.24, 2.45) is 5.73 Å². The Balaban J connectivity index is 2.25. The topological polar surface area (TPSA) is 40.2 Å². The van der Waals surface area contributed by atoms with Gasteiger partial charge in [0, 0.05) is 41.3 Å². The van der Waals surface area contributed by atoms with Crippen LogP contribution in [0, 0.1) is 0 Å². The Morgan fingerprint density at radius 2 is 2.15 bits per heavy atom. The lowest BCUT2D eigenvalue weighted by Crippen LogP contribution is -2.17. The minimum absolute atomic E-state index is 0.154. The predicted molar refractivity (Wildman–Crippen MR) is 85.4 cm³/mol. The first-order chi connectivity index (χ1) is 9.61. The Morgan fingerprint density at radius 1 is 1.35 bits per heavy atom. The summed E-state index contributed by atoms with van der Waals surface area (Å²) >= 11 is 6.12. The molecule has 0 radical (unpaired) electrons. The van der Waals surface area contributed by atoms with Crippen molar-refractivity contribution >= 4 is 22.5 Å². The van der Waals surface area contributed by atoms with E-state index in [0.29, 0.717) is 0 Å². The van der Waals surface area contributed by atoms with Gasteiger partial charge in [0.1, 0.15) is 0 Å². The van der Waals surface area contributed by atoms with Gasteiger partial charge in [0.25, 0.3) is 0 Å². The molecule has 0 aliphatic carbocycles. The summed E-state index contributed by atoms with van der Waals surface area (Å²) in [6.07, 6.45) is 4.11. The van der Waals surface area contributed by atoms with Crippen LogP contribution in [0.5, 0.6) is 0 Å². The average molecular weight is 295 g/mol. The van der Waals surface area contributed by atoms with Crippen LogP contribution in [0.15, 0.2) is 24.4 Å². The quantitative estimate of drug-likeness (QED) is 0.793. The molecular weight excluding hydrogens is 272 g/mol. The molecule has 2 rings (SSSR count). The van der Waals surface area contributed by atoms with E-state index in [1.807, 2.05) is 19.1 Å². The molecule has 0 spiro atoms. The summed E-state index contributed by atoms with van der Waals surface area (Å²) in [6, 6.07) is 6.19. The summed E-state index contributed by atoms with van der Waals surface area (Å²) in [5, 5.41) is 2.00. The molecule has 0 fully saturated rings. The number of nitrogens with two attached hydrogens (primary N) is 1. The van der Waals surface area contributed by atoms with Crippen LogP contribution in [-0.2, 0) is 17.7 Å². The van der Waals surface area contributed by atoms with Crippen molar-refractivity contribution < 1.29 is 4.74 Å². The number of rotatable bonds is 7. The fourth-order valence-corrected chi connectivity index (χ4v) is 2.61. The van der Waals surface area contributed by atoms with Crippen LogP contribution in [0.3, 0.4) is 0 Å². The summed E-state index contributed by atoms with van der Waals surface area (Å²) in [7, 11) is 0. The maximum Gasteiger partial charge on any atom is 0.0645 e. The van der Waals surface area contributed by atoms with Crippen LogP contribution in [0.25, 0.3) is 10.9 Å². The van der Waals surface area contributed by atoms with Gasteiger partial charge in [-0.1, -0.05) is 24.6 Å². The van der Waals surface area contributed by atoms with Crippen molar-refractivity contribution in [2.45, 2.75) is 39.3 Å². The van der Waals surface area contributed by atoms with E-state index < -0.39 is 0 Å². The summed E-state index contributed by atoms with van der Waals surface area (Å²) in [4.78, 5) is 0. The minimum Gasteiger partial charge on any atom is -0.380 e. The maximum absolute atomic E-state index is 6.12. The Kier molecular flexibility index (Phi) is 5.46. The van der Waals surface area contributed by atoms with E-state index in [1.165, 1.54) is 10.9 Å². The third-order valence-electron chi connectivity index (χ3n) is 3.29. The fraction of sp³-hybridized carbons (Fsp3) is 0.500. The number of hydrogen-bond donors (Lipinski definition) is 1. The van der Waals surface area contributed by atoms with E-state index in [-0.39, 0.29) is 6.04 Å². The molecule has 0 bridgehead atoms. The lowest BCUT2D eigenvalue weighted by atomic mass is 10.1. The molecule has 1 atom stereocenters. The SMILES string of the molecule is CCCOCCn1cc(CC(C)N)c2ccc(Cl)cc21. The molecular formula is C16H23ClN2O. The molecule has 3 nitrogen and oxygen atoms in total. The van der Waals surface area contributed by atoms with Gasteiger partial charge >= 0.3 is 0 Å². The van der Waals surface area contributed by atoms with E-state index in [2.05, 4.69) is 23.8 Å². The molecule has 0 aliphatic rings. The van der Waals surface area contributed by atoms with Crippen molar-refractivity contribution in [3.63, 3.8) is 0 Å². The molecule has 0 saturated heterocycles. The number of nitrogens with zero attached hydrogens (tertiary/aromatic N) is 1. The van der Waals surface area contributed by atoms with Gasteiger partial charge in [0.15, 0.2) is 0 Å². The van der Waals surface area contributed by atoms with Crippen LogP contribution < -0.4 is 5.73 Å². The first-order valence-electron chi connectivity index (χ1n) is 7.22. The van der Waals surface area contributed by atoms with Crippen LogP contribution in [-0.4, -0.2) is 23.8 Å². The molecule has 20 heavy (non-hydrogen) atoms. The summed E-state index contributed by atoms with van der Waals surface area (Å²) in [5.41, 5.74) is 8.37. The van der Waals surface area contributed by atoms with Crippen LogP contribution >= 0.6 is 11.6 Å². The van der Waals surface area contributed by atoms with E-state index in [4.69, 9.17) is 22.1 Å². The van der Waals surface area contributed by atoms with Gasteiger partial charge in [-0.2, -0.15) is 0 Å². The maximum atomic E-state index is 6.12. The molecule has 4 heteroatoms. The van der Waals surface area contributed by atoms with Crippen molar-refractivity contribution in [3.05, 3.63) is 35.0 Å². The molecule has 2 N–H and O–H groups in total. The number of halogens is 1. The van der Waals surface area contributed by atoms with Crippen molar-refractivity contribution in [1.29, 1.82) is 0 Å². The highest BCUT2D eigenvalue weighted by atomic mass is 35.5. The standard InChI is InChI=1S/C16H23ClN2O/c1-3-7-20-8-6-19-11-13(9-12(2)18)15-5-4-14(17)10-16(15)19/h4-5,10-12H,3,6-9,18H2,1-2H3. The lowest BCUT2D eigenvalue weighted by molar-refractivity contribution is 0.127. The van der Waals surface area contributed by atoms with Crippen LogP contribution in [0.2, 0.25) is 5.02 Å². The highest BCUT2D eigenvalue weighted by molar-refractivity contribution is 6.31. The second-order valence-electron chi connectivity index (χ2n) is 5.30. The van der Waals surface area contributed by atoms with Gasteiger partial charge in [0.05, 0.1) is 6.61 Å². The van der Waals surface area contributed by atoms with E-state index in [0.717, 1.165) is 43.1 Å². The van der Waals surface area contributed by atoms with Crippen LogP contribution in [0.1, 0.15) is 25.8 Å². The highest BCUT2D eigenvalue weighted by Gasteiger charge is 2.10. The molecule has 0 amide bonds. The van der Waals surface area contributed by atoms with Crippen molar-refractivity contribution in [2.75, 3.05) is 13.2 Å². The largest absolute Gasteiger partial charge is 0.380 e. The summed E-state index contributed by atoms with van der Waals surface area (Å²) < 4.78 is 7.79. The molecule has 0 aliphatic heterocycles. The second-order valence-corrected chi connectivity index (χ2v) is 5.74. The Hall–Kier alpha value is -1.03. The second kappa shape index (κ2) is 7.11. The minimum atomic E-state index is 0.154. The van der Waals surface area contributed by atoms with E-state index in [1.54, 1.807) is 0 Å². The third kappa shape index (κ3) is 3.75. The van der Waals surface area contributed by atoms with Crippen molar-refractivity contribution in [1.82, 2.24) is 4.57 Å². The Bertz CT molecular complexity index is 563. The number of hydrogen-bond acceptors (Lipinski definition) is 2.